The number of benzene rings is 1. The molecule has 0 saturated heterocycles. The molecule has 3 N–H and O–H groups in total. The van der Waals surface area contributed by atoms with Gasteiger partial charge in [0, 0.05) is 30.0 Å². The summed E-state index contributed by atoms with van der Waals surface area (Å²) in [6.45, 7) is 12.8. The molecule has 5 heteroatoms. The fourth-order valence-corrected chi connectivity index (χ4v) is 3.07. The maximum absolute atomic E-state index is 12.2. The largest absolute Gasteiger partial charge is 0.444 e. The Hall–Kier alpha value is -2.40. The van der Waals surface area contributed by atoms with Gasteiger partial charge in [-0.15, -0.1) is 0 Å². The molecule has 0 atom stereocenters. The smallest absolute Gasteiger partial charge is 0.407 e. The molecule has 0 aliphatic heterocycles. The summed E-state index contributed by atoms with van der Waals surface area (Å²) in [5.41, 5.74) is 11.5. The van der Waals surface area contributed by atoms with Crippen LogP contribution in [-0.2, 0) is 24.2 Å². The predicted octanol–water partition coefficient (Wildman–Crippen LogP) is 4.74. The Labute approximate surface area is 168 Å². The van der Waals surface area contributed by atoms with Crippen molar-refractivity contribution < 1.29 is 9.53 Å². The van der Waals surface area contributed by atoms with E-state index in [9.17, 15) is 4.79 Å². The van der Waals surface area contributed by atoms with E-state index in [4.69, 9.17) is 15.5 Å². The molecule has 0 saturated carbocycles. The van der Waals surface area contributed by atoms with Gasteiger partial charge in [-0.1, -0.05) is 38.1 Å². The molecule has 28 heavy (non-hydrogen) atoms. The van der Waals surface area contributed by atoms with Gasteiger partial charge in [-0.2, -0.15) is 0 Å². The zero-order chi connectivity index (χ0) is 20.9. The first-order valence-corrected chi connectivity index (χ1v) is 9.84. The molecule has 1 aromatic heterocycles. The van der Waals surface area contributed by atoms with Crippen LogP contribution in [-0.4, -0.2) is 16.7 Å². The molecule has 0 spiro atoms. The molecule has 1 aromatic carbocycles. The van der Waals surface area contributed by atoms with Crippen LogP contribution in [0.2, 0.25) is 0 Å². The van der Waals surface area contributed by atoms with Crippen molar-refractivity contribution >= 4 is 6.09 Å². The lowest BCUT2D eigenvalue weighted by atomic mass is 9.94. The number of amides is 1. The van der Waals surface area contributed by atoms with Crippen LogP contribution in [0.25, 0.3) is 11.1 Å². The Morgan fingerprint density at radius 1 is 1.21 bits per heavy atom. The number of aryl methyl sites for hydroxylation is 1. The molecule has 1 amide bonds. The second kappa shape index (κ2) is 9.20. The van der Waals surface area contributed by atoms with Gasteiger partial charge in [-0.05, 0) is 62.8 Å². The quantitative estimate of drug-likeness (QED) is 0.755. The summed E-state index contributed by atoms with van der Waals surface area (Å²) < 4.78 is 5.40. The van der Waals surface area contributed by atoms with E-state index in [0.29, 0.717) is 19.0 Å². The highest BCUT2D eigenvalue weighted by Crippen LogP contribution is 2.28. The summed E-state index contributed by atoms with van der Waals surface area (Å²) in [5.74, 6) is 0.460. The minimum absolute atomic E-state index is 0.373. The Morgan fingerprint density at radius 3 is 2.39 bits per heavy atom. The van der Waals surface area contributed by atoms with E-state index in [1.165, 1.54) is 0 Å². The van der Waals surface area contributed by atoms with Crippen LogP contribution in [0.1, 0.15) is 57.1 Å². The van der Waals surface area contributed by atoms with Crippen molar-refractivity contribution in [2.75, 3.05) is 0 Å². The summed E-state index contributed by atoms with van der Waals surface area (Å²) >= 11 is 0. The average molecular weight is 384 g/mol. The van der Waals surface area contributed by atoms with Gasteiger partial charge < -0.3 is 15.8 Å². The van der Waals surface area contributed by atoms with Crippen LogP contribution >= 0.6 is 0 Å². The highest BCUT2D eigenvalue weighted by molar-refractivity contribution is 5.71. The summed E-state index contributed by atoms with van der Waals surface area (Å²) in [6.07, 6.45) is 0.425. The number of hydrogen-bond donors (Lipinski definition) is 2. The molecule has 2 aromatic rings. The number of nitrogens with one attached hydrogen (secondary N) is 1. The zero-order valence-electron chi connectivity index (χ0n) is 17.9. The van der Waals surface area contributed by atoms with Crippen molar-refractivity contribution in [2.45, 2.75) is 66.7 Å². The van der Waals surface area contributed by atoms with E-state index in [1.807, 2.05) is 39.8 Å². The lowest BCUT2D eigenvalue weighted by molar-refractivity contribution is 0.0523. The summed E-state index contributed by atoms with van der Waals surface area (Å²) in [5, 5.41) is 2.90. The first kappa shape index (κ1) is 21.9. The molecule has 0 unspecified atom stereocenters. The molecule has 5 nitrogen and oxygen atoms in total. The highest BCUT2D eigenvalue weighted by Gasteiger charge is 2.19. The van der Waals surface area contributed by atoms with E-state index in [1.54, 1.807) is 0 Å². The van der Waals surface area contributed by atoms with Crippen LogP contribution in [0.15, 0.2) is 30.3 Å². The molecule has 0 bridgehead atoms. The topological polar surface area (TPSA) is 77.2 Å². The number of carbonyl (C=O) groups excluding carboxylic acids is 1. The van der Waals surface area contributed by atoms with Gasteiger partial charge in [0.05, 0.1) is 0 Å². The second-order valence-corrected chi connectivity index (χ2v) is 8.59. The summed E-state index contributed by atoms with van der Waals surface area (Å²) in [7, 11) is 0. The zero-order valence-corrected chi connectivity index (χ0v) is 17.9. The minimum Gasteiger partial charge on any atom is -0.444 e. The number of nitrogens with two attached hydrogens (primary N) is 1. The molecule has 0 aliphatic carbocycles. The third-order valence-electron chi connectivity index (χ3n) is 4.25. The SMILES string of the molecule is Cc1cc(-c2ccc(CN)cc2)c(CNC(=O)OC(C)(C)C)c(CC(C)C)n1. The van der Waals surface area contributed by atoms with Crippen LogP contribution in [0.3, 0.4) is 0 Å². The van der Waals surface area contributed by atoms with E-state index in [2.05, 4.69) is 37.4 Å². The highest BCUT2D eigenvalue weighted by atomic mass is 16.6. The van der Waals surface area contributed by atoms with E-state index in [0.717, 1.165) is 40.1 Å². The van der Waals surface area contributed by atoms with Crippen molar-refractivity contribution in [1.82, 2.24) is 10.3 Å². The molecule has 0 aliphatic rings. The number of pyridine rings is 1. The number of aromatic nitrogens is 1. The Kier molecular flexibility index (Phi) is 7.19. The lowest BCUT2D eigenvalue weighted by Crippen LogP contribution is -2.32. The van der Waals surface area contributed by atoms with Gasteiger partial charge in [-0.3, -0.25) is 4.98 Å². The standard InChI is InChI=1S/C23H33N3O2/c1-15(2)11-21-20(14-25-22(27)28-23(4,5)6)19(12-16(3)26-21)18-9-7-17(13-24)8-10-18/h7-10,12,15H,11,13-14,24H2,1-6H3,(H,25,27). The molecule has 0 fully saturated rings. The average Bonchev–Trinajstić information content (AvgIpc) is 2.58. The fraction of sp³-hybridized carbons (Fsp3) is 0.478. The first-order chi connectivity index (χ1) is 13.1. The Morgan fingerprint density at radius 2 is 1.86 bits per heavy atom. The van der Waals surface area contributed by atoms with Gasteiger partial charge in [0.1, 0.15) is 5.60 Å². The van der Waals surface area contributed by atoms with Crippen molar-refractivity contribution in [3.05, 3.63) is 52.8 Å². The van der Waals surface area contributed by atoms with Crippen LogP contribution in [0, 0.1) is 12.8 Å². The van der Waals surface area contributed by atoms with E-state index < -0.39 is 11.7 Å². The normalized spacial score (nSPS) is 11.6. The number of alkyl carbamates (subject to hydrolysis) is 1. The van der Waals surface area contributed by atoms with Crippen molar-refractivity contribution in [2.24, 2.45) is 11.7 Å². The number of hydrogen-bond acceptors (Lipinski definition) is 4. The van der Waals surface area contributed by atoms with Crippen LogP contribution in [0.4, 0.5) is 4.79 Å². The Bertz CT molecular complexity index is 806. The minimum atomic E-state index is -0.530. The van der Waals surface area contributed by atoms with E-state index in [-0.39, 0.29) is 0 Å². The van der Waals surface area contributed by atoms with Crippen molar-refractivity contribution in [1.29, 1.82) is 0 Å². The van der Waals surface area contributed by atoms with Gasteiger partial charge in [0.2, 0.25) is 0 Å². The second-order valence-electron chi connectivity index (χ2n) is 8.59. The van der Waals surface area contributed by atoms with Crippen LogP contribution < -0.4 is 11.1 Å². The summed E-state index contributed by atoms with van der Waals surface area (Å²) in [6, 6.07) is 10.3. The first-order valence-electron chi connectivity index (χ1n) is 9.84. The number of carbonyl (C=O) groups is 1. The maximum atomic E-state index is 12.2. The van der Waals surface area contributed by atoms with Gasteiger partial charge in [0.25, 0.3) is 0 Å². The van der Waals surface area contributed by atoms with Gasteiger partial charge in [-0.25, -0.2) is 4.79 Å². The molecular formula is C23H33N3O2. The molecule has 152 valence electrons. The Balaban J connectivity index is 2.41. The van der Waals surface area contributed by atoms with Gasteiger partial charge >= 0.3 is 6.09 Å². The molecule has 0 radical (unpaired) electrons. The van der Waals surface area contributed by atoms with E-state index >= 15 is 0 Å². The van der Waals surface area contributed by atoms with Crippen molar-refractivity contribution in [3.8, 4) is 11.1 Å². The summed E-state index contributed by atoms with van der Waals surface area (Å²) in [4.78, 5) is 17.0. The molecule has 1 heterocycles. The predicted molar refractivity (Wildman–Crippen MR) is 114 cm³/mol. The number of ether oxygens (including phenoxy) is 1. The molecule has 2 rings (SSSR count). The monoisotopic (exact) mass is 383 g/mol. The van der Waals surface area contributed by atoms with Gasteiger partial charge in [0.15, 0.2) is 0 Å². The number of rotatable bonds is 6. The van der Waals surface area contributed by atoms with Crippen molar-refractivity contribution in [3.63, 3.8) is 0 Å². The third-order valence-corrected chi connectivity index (χ3v) is 4.25. The fourth-order valence-electron chi connectivity index (χ4n) is 3.07. The maximum Gasteiger partial charge on any atom is 0.407 e. The third kappa shape index (κ3) is 6.34. The number of nitrogens with zero attached hydrogens (tertiary/aromatic N) is 1. The molecular weight excluding hydrogens is 350 g/mol. The lowest BCUT2D eigenvalue weighted by Gasteiger charge is -2.21. The van der Waals surface area contributed by atoms with Crippen LogP contribution in [0.5, 0.6) is 0 Å².